The first-order valence-corrected chi connectivity index (χ1v) is 13.2. The lowest BCUT2D eigenvalue weighted by Crippen LogP contribution is -2.41. The molecule has 0 radical (unpaired) electrons. The quantitative estimate of drug-likeness (QED) is 0.375. The Labute approximate surface area is 216 Å². The van der Waals surface area contributed by atoms with E-state index < -0.39 is 5.69 Å². The largest absolute Gasteiger partial charge is 0.494 e. The molecule has 1 aliphatic carbocycles. The van der Waals surface area contributed by atoms with E-state index in [1.807, 2.05) is 13.0 Å². The summed E-state index contributed by atoms with van der Waals surface area (Å²) in [6.07, 6.45) is 3.73. The van der Waals surface area contributed by atoms with Gasteiger partial charge in [-0.25, -0.2) is 4.79 Å². The molecule has 0 saturated carbocycles. The Kier molecular flexibility index (Phi) is 6.98. The molecule has 0 aliphatic heterocycles. The standard InChI is InChI=1S/C27H26ClN3O4S/c1-2-35-19-13-11-18(12-14-19)29-23(32)16-31-26-24(20-8-4-6-10-22(20)36-26)25(33)30(27(31)34)15-17-7-3-5-9-21(17)28/h3,5,7,9,11-14H,2,4,6,8,10,15-16H2,1H3,(H,29,32). The van der Waals surface area contributed by atoms with Gasteiger partial charge in [-0.15, -0.1) is 11.3 Å². The Morgan fingerprint density at radius 3 is 2.56 bits per heavy atom. The number of carbonyl (C=O) groups excluding carboxylic acids is 1. The van der Waals surface area contributed by atoms with Gasteiger partial charge in [0.05, 0.1) is 18.5 Å². The zero-order chi connectivity index (χ0) is 25.2. The van der Waals surface area contributed by atoms with E-state index in [1.165, 1.54) is 20.5 Å². The van der Waals surface area contributed by atoms with Crippen molar-refractivity contribution >= 4 is 44.7 Å². The molecule has 2 aromatic carbocycles. The first kappa shape index (κ1) is 24.3. The first-order valence-electron chi connectivity index (χ1n) is 12.0. The van der Waals surface area contributed by atoms with Crippen molar-refractivity contribution in [3.05, 3.63) is 90.4 Å². The highest BCUT2D eigenvalue weighted by molar-refractivity contribution is 7.18. The zero-order valence-corrected chi connectivity index (χ0v) is 21.5. The number of nitrogens with zero attached hydrogens (tertiary/aromatic N) is 2. The number of carbonyl (C=O) groups is 1. The predicted molar refractivity (Wildman–Crippen MR) is 144 cm³/mol. The van der Waals surface area contributed by atoms with Crippen molar-refractivity contribution in [1.29, 1.82) is 0 Å². The lowest BCUT2D eigenvalue weighted by molar-refractivity contribution is -0.116. The van der Waals surface area contributed by atoms with E-state index in [4.69, 9.17) is 16.3 Å². The minimum Gasteiger partial charge on any atom is -0.494 e. The molecule has 1 aliphatic rings. The molecule has 0 bridgehead atoms. The van der Waals surface area contributed by atoms with E-state index in [0.29, 0.717) is 38.8 Å². The van der Waals surface area contributed by atoms with Crippen LogP contribution in [0, 0.1) is 0 Å². The predicted octanol–water partition coefficient (Wildman–Crippen LogP) is 4.84. The number of benzene rings is 2. The highest BCUT2D eigenvalue weighted by Crippen LogP contribution is 2.34. The number of amides is 1. The third kappa shape index (κ3) is 4.70. The minimum atomic E-state index is -0.520. The van der Waals surface area contributed by atoms with Crippen LogP contribution in [0.4, 0.5) is 5.69 Å². The Morgan fingerprint density at radius 1 is 1.06 bits per heavy atom. The van der Waals surface area contributed by atoms with Crippen LogP contribution in [0.2, 0.25) is 5.02 Å². The van der Waals surface area contributed by atoms with Crippen LogP contribution in [0.15, 0.2) is 58.1 Å². The van der Waals surface area contributed by atoms with Crippen molar-refractivity contribution in [3.63, 3.8) is 0 Å². The molecule has 0 fully saturated rings. The molecule has 2 heterocycles. The fourth-order valence-electron chi connectivity index (χ4n) is 4.64. The number of nitrogens with one attached hydrogen (secondary N) is 1. The van der Waals surface area contributed by atoms with E-state index in [9.17, 15) is 14.4 Å². The van der Waals surface area contributed by atoms with E-state index in [0.717, 1.165) is 36.1 Å². The van der Waals surface area contributed by atoms with Crippen LogP contribution in [0.5, 0.6) is 5.75 Å². The molecule has 0 atom stereocenters. The van der Waals surface area contributed by atoms with E-state index in [-0.39, 0.29) is 24.6 Å². The summed E-state index contributed by atoms with van der Waals surface area (Å²) in [5, 5.41) is 3.88. The molecule has 1 amide bonds. The molecule has 0 spiro atoms. The monoisotopic (exact) mass is 523 g/mol. The Hall–Kier alpha value is -3.36. The number of halogens is 1. The van der Waals surface area contributed by atoms with Crippen molar-refractivity contribution in [1.82, 2.24) is 9.13 Å². The summed E-state index contributed by atoms with van der Waals surface area (Å²) >= 11 is 7.80. The number of hydrogen-bond donors (Lipinski definition) is 1. The van der Waals surface area contributed by atoms with Crippen LogP contribution >= 0.6 is 22.9 Å². The zero-order valence-electron chi connectivity index (χ0n) is 19.9. The molecular weight excluding hydrogens is 498 g/mol. The third-order valence-corrected chi connectivity index (χ3v) is 8.04. The van der Waals surface area contributed by atoms with Crippen molar-refractivity contribution in [3.8, 4) is 5.75 Å². The van der Waals surface area contributed by atoms with Crippen LogP contribution in [0.25, 0.3) is 10.2 Å². The Morgan fingerprint density at radius 2 is 1.81 bits per heavy atom. The number of hydrogen-bond acceptors (Lipinski definition) is 5. The Balaban J connectivity index is 1.56. The second-order valence-electron chi connectivity index (χ2n) is 8.75. The molecule has 36 heavy (non-hydrogen) atoms. The number of aromatic nitrogens is 2. The van der Waals surface area contributed by atoms with Gasteiger partial charge in [0, 0.05) is 15.6 Å². The number of anilines is 1. The molecule has 2 aromatic heterocycles. The van der Waals surface area contributed by atoms with Gasteiger partial charge in [-0.1, -0.05) is 29.8 Å². The highest BCUT2D eigenvalue weighted by atomic mass is 35.5. The van der Waals surface area contributed by atoms with Gasteiger partial charge in [-0.3, -0.25) is 18.7 Å². The van der Waals surface area contributed by atoms with Crippen molar-refractivity contribution in [2.45, 2.75) is 45.7 Å². The first-order chi connectivity index (χ1) is 17.5. The summed E-state index contributed by atoms with van der Waals surface area (Å²) < 4.78 is 8.08. The molecule has 0 unspecified atom stereocenters. The van der Waals surface area contributed by atoms with Gasteiger partial charge < -0.3 is 10.1 Å². The molecule has 5 rings (SSSR count). The van der Waals surface area contributed by atoms with Crippen LogP contribution < -0.4 is 21.3 Å². The van der Waals surface area contributed by atoms with Gasteiger partial charge in [0.25, 0.3) is 5.56 Å². The van der Waals surface area contributed by atoms with Crippen LogP contribution in [0.3, 0.4) is 0 Å². The van der Waals surface area contributed by atoms with E-state index >= 15 is 0 Å². The van der Waals surface area contributed by atoms with Gasteiger partial charge in [-0.05, 0) is 74.1 Å². The molecule has 0 saturated heterocycles. The van der Waals surface area contributed by atoms with Crippen molar-refractivity contribution in [2.75, 3.05) is 11.9 Å². The number of ether oxygens (including phenoxy) is 1. The summed E-state index contributed by atoms with van der Waals surface area (Å²) in [6, 6.07) is 14.2. The van der Waals surface area contributed by atoms with Crippen LogP contribution in [-0.4, -0.2) is 21.6 Å². The summed E-state index contributed by atoms with van der Waals surface area (Å²) in [4.78, 5) is 42.0. The fraction of sp³-hybridized carbons (Fsp3) is 0.296. The smallest absolute Gasteiger partial charge is 0.332 e. The van der Waals surface area contributed by atoms with Crippen LogP contribution in [-0.2, 0) is 30.7 Å². The van der Waals surface area contributed by atoms with Gasteiger partial charge in [0.2, 0.25) is 5.91 Å². The lowest BCUT2D eigenvalue weighted by Gasteiger charge is -2.14. The summed E-state index contributed by atoms with van der Waals surface area (Å²) in [7, 11) is 0. The average molecular weight is 524 g/mol. The second kappa shape index (κ2) is 10.3. The third-order valence-electron chi connectivity index (χ3n) is 6.36. The number of fused-ring (bicyclic) bond motifs is 3. The molecule has 4 aromatic rings. The molecule has 186 valence electrons. The SMILES string of the molecule is CCOc1ccc(NC(=O)Cn2c(=O)n(Cc3ccccc3Cl)c(=O)c3c4c(sc32)CCCC4)cc1. The minimum absolute atomic E-state index is 0.0401. The van der Waals surface area contributed by atoms with E-state index in [1.54, 1.807) is 42.5 Å². The van der Waals surface area contributed by atoms with E-state index in [2.05, 4.69) is 5.32 Å². The maximum atomic E-state index is 13.6. The van der Waals surface area contributed by atoms with Gasteiger partial charge in [-0.2, -0.15) is 0 Å². The molecule has 1 N–H and O–H groups in total. The second-order valence-corrected chi connectivity index (χ2v) is 10.2. The summed E-state index contributed by atoms with van der Waals surface area (Å²) in [6.45, 7) is 2.30. The van der Waals surface area contributed by atoms with Crippen molar-refractivity contribution < 1.29 is 9.53 Å². The number of thiophene rings is 1. The maximum Gasteiger partial charge on any atom is 0.332 e. The number of aryl methyl sites for hydroxylation is 2. The van der Waals surface area contributed by atoms with Gasteiger partial charge >= 0.3 is 5.69 Å². The molecule has 9 heteroatoms. The highest BCUT2D eigenvalue weighted by Gasteiger charge is 2.24. The summed E-state index contributed by atoms with van der Waals surface area (Å²) in [5.74, 6) is 0.362. The molecule has 7 nitrogen and oxygen atoms in total. The lowest BCUT2D eigenvalue weighted by atomic mass is 9.97. The van der Waals surface area contributed by atoms with Gasteiger partial charge in [0.1, 0.15) is 17.1 Å². The molecular formula is C27H26ClN3O4S. The normalized spacial score (nSPS) is 12.9. The maximum absolute atomic E-state index is 13.6. The fourth-order valence-corrected chi connectivity index (χ4v) is 6.21. The number of rotatable bonds is 7. The topological polar surface area (TPSA) is 82.3 Å². The summed E-state index contributed by atoms with van der Waals surface area (Å²) in [5.41, 5.74) is 1.44. The van der Waals surface area contributed by atoms with Crippen molar-refractivity contribution in [2.24, 2.45) is 0 Å². The Bertz CT molecular complexity index is 1550. The van der Waals surface area contributed by atoms with Crippen LogP contribution in [0.1, 0.15) is 35.8 Å². The average Bonchev–Trinajstić information content (AvgIpc) is 3.26. The van der Waals surface area contributed by atoms with Gasteiger partial charge in [0.15, 0.2) is 0 Å².